The fourth-order valence-corrected chi connectivity index (χ4v) is 2.88. The highest BCUT2D eigenvalue weighted by Gasteiger charge is 2.07. The number of hydrogen-bond donors (Lipinski definition) is 1. The van der Waals surface area contributed by atoms with E-state index in [1.54, 1.807) is 10.9 Å². The van der Waals surface area contributed by atoms with Gasteiger partial charge in [0.05, 0.1) is 24.0 Å². The van der Waals surface area contributed by atoms with Crippen LogP contribution >= 0.6 is 0 Å². The third-order valence-corrected chi connectivity index (χ3v) is 4.30. The minimum atomic E-state index is -0.0854. The number of aryl methyl sites for hydroxylation is 2. The second-order valence-corrected chi connectivity index (χ2v) is 6.37. The molecule has 1 amide bonds. The summed E-state index contributed by atoms with van der Waals surface area (Å²) >= 11 is 0. The van der Waals surface area contributed by atoms with Crippen molar-refractivity contribution in [3.05, 3.63) is 84.4 Å². The third kappa shape index (κ3) is 4.47. The van der Waals surface area contributed by atoms with Gasteiger partial charge in [0.25, 0.3) is 0 Å². The van der Waals surface area contributed by atoms with E-state index in [1.807, 2.05) is 53.3 Å². The maximum atomic E-state index is 12.3. The van der Waals surface area contributed by atoms with Gasteiger partial charge in [-0.2, -0.15) is 5.10 Å². The molecule has 0 saturated carbocycles. The molecule has 1 N–H and O–H groups in total. The van der Waals surface area contributed by atoms with E-state index in [0.29, 0.717) is 5.69 Å². The van der Waals surface area contributed by atoms with Crippen LogP contribution in [0.25, 0.3) is 5.69 Å². The van der Waals surface area contributed by atoms with Crippen LogP contribution in [0.15, 0.2) is 73.3 Å². The Kier molecular flexibility index (Phi) is 5.19. The number of nitrogens with zero attached hydrogens (tertiary/aromatic N) is 6. The van der Waals surface area contributed by atoms with E-state index in [-0.39, 0.29) is 12.3 Å². The Hall–Kier alpha value is -3.81. The Balaban J connectivity index is 1.30. The van der Waals surface area contributed by atoms with E-state index >= 15 is 0 Å². The number of anilines is 1. The van der Waals surface area contributed by atoms with Gasteiger partial charge >= 0.3 is 0 Å². The molecule has 0 spiro atoms. The fraction of sp³-hybridized carbons (Fsp3) is 0.150. The van der Waals surface area contributed by atoms with E-state index in [2.05, 4.69) is 38.1 Å². The van der Waals surface area contributed by atoms with Gasteiger partial charge in [0.2, 0.25) is 5.91 Å². The normalized spacial score (nSPS) is 10.7. The molecule has 0 aliphatic rings. The largest absolute Gasteiger partial charge is 0.323 e. The molecule has 0 aliphatic carbocycles. The van der Waals surface area contributed by atoms with Crippen molar-refractivity contribution >= 4 is 11.6 Å². The molecule has 4 rings (SSSR count). The van der Waals surface area contributed by atoms with E-state index in [9.17, 15) is 4.79 Å². The molecule has 0 fully saturated rings. The maximum Gasteiger partial charge on any atom is 0.228 e. The summed E-state index contributed by atoms with van der Waals surface area (Å²) in [7, 11) is 0. The zero-order valence-corrected chi connectivity index (χ0v) is 15.1. The molecule has 2 aromatic heterocycles. The molecular formula is C20H19N7O. The van der Waals surface area contributed by atoms with Crippen molar-refractivity contribution in [2.45, 2.75) is 19.4 Å². The highest BCUT2D eigenvalue weighted by molar-refractivity contribution is 5.92. The van der Waals surface area contributed by atoms with Crippen molar-refractivity contribution in [1.29, 1.82) is 0 Å². The van der Waals surface area contributed by atoms with Crippen LogP contribution in [0, 0.1) is 0 Å². The Morgan fingerprint density at radius 2 is 1.82 bits per heavy atom. The topological polar surface area (TPSA) is 90.5 Å². The predicted octanol–water partition coefficient (Wildman–Crippen LogP) is 2.28. The molecular weight excluding hydrogens is 354 g/mol. The fourth-order valence-electron chi connectivity index (χ4n) is 2.88. The SMILES string of the molecule is O=C(Cc1ccc(-n2cnnn2)cc1)Nc1cnn(CCc2ccccc2)c1. The number of hydrogen-bond acceptors (Lipinski definition) is 5. The smallest absolute Gasteiger partial charge is 0.228 e. The molecule has 0 unspecified atom stereocenters. The second-order valence-electron chi connectivity index (χ2n) is 6.37. The Bertz CT molecular complexity index is 1020. The zero-order valence-electron chi connectivity index (χ0n) is 15.1. The van der Waals surface area contributed by atoms with E-state index in [1.165, 1.54) is 11.9 Å². The molecule has 0 saturated heterocycles. The molecule has 2 aromatic carbocycles. The van der Waals surface area contributed by atoms with Gasteiger partial charge in [0, 0.05) is 12.7 Å². The van der Waals surface area contributed by atoms with Crippen LogP contribution in [-0.4, -0.2) is 35.9 Å². The monoisotopic (exact) mass is 373 g/mol. The first kappa shape index (κ1) is 17.6. The van der Waals surface area contributed by atoms with E-state index < -0.39 is 0 Å². The lowest BCUT2D eigenvalue weighted by Gasteiger charge is -2.04. The van der Waals surface area contributed by atoms with Gasteiger partial charge in [-0.3, -0.25) is 9.48 Å². The van der Waals surface area contributed by atoms with Crippen LogP contribution in [0.4, 0.5) is 5.69 Å². The number of nitrogens with one attached hydrogen (secondary N) is 1. The average Bonchev–Trinajstić information content (AvgIpc) is 3.40. The van der Waals surface area contributed by atoms with Gasteiger partial charge in [-0.25, -0.2) is 4.68 Å². The molecule has 0 atom stereocenters. The Morgan fingerprint density at radius 1 is 1.00 bits per heavy atom. The number of rotatable bonds is 7. The van der Waals surface area contributed by atoms with Gasteiger partial charge in [-0.05, 0) is 40.1 Å². The quantitative estimate of drug-likeness (QED) is 0.537. The van der Waals surface area contributed by atoms with Crippen LogP contribution in [-0.2, 0) is 24.2 Å². The van der Waals surface area contributed by atoms with Crippen LogP contribution in [0.1, 0.15) is 11.1 Å². The first-order valence-electron chi connectivity index (χ1n) is 8.95. The molecule has 4 aromatic rings. The lowest BCUT2D eigenvalue weighted by atomic mass is 10.1. The number of amides is 1. The predicted molar refractivity (Wildman–Crippen MR) is 104 cm³/mol. The average molecular weight is 373 g/mol. The lowest BCUT2D eigenvalue weighted by molar-refractivity contribution is -0.115. The number of benzene rings is 2. The molecule has 8 heteroatoms. The maximum absolute atomic E-state index is 12.3. The Morgan fingerprint density at radius 3 is 2.57 bits per heavy atom. The van der Waals surface area contributed by atoms with Gasteiger partial charge in [0.15, 0.2) is 0 Å². The molecule has 2 heterocycles. The molecule has 0 aliphatic heterocycles. The van der Waals surface area contributed by atoms with Crippen LogP contribution in [0.3, 0.4) is 0 Å². The lowest BCUT2D eigenvalue weighted by Crippen LogP contribution is -2.14. The highest BCUT2D eigenvalue weighted by Crippen LogP contribution is 2.11. The van der Waals surface area contributed by atoms with Crippen molar-refractivity contribution < 1.29 is 4.79 Å². The minimum Gasteiger partial charge on any atom is -0.323 e. The summed E-state index contributed by atoms with van der Waals surface area (Å²) in [6, 6.07) is 17.8. The van der Waals surface area contributed by atoms with Crippen molar-refractivity contribution in [2.75, 3.05) is 5.32 Å². The number of aromatic nitrogens is 6. The number of carbonyl (C=O) groups is 1. The summed E-state index contributed by atoms with van der Waals surface area (Å²) in [5, 5.41) is 18.3. The molecule has 8 nitrogen and oxygen atoms in total. The third-order valence-electron chi connectivity index (χ3n) is 4.30. The highest BCUT2D eigenvalue weighted by atomic mass is 16.1. The van der Waals surface area contributed by atoms with Crippen LogP contribution in [0.5, 0.6) is 0 Å². The van der Waals surface area contributed by atoms with E-state index in [0.717, 1.165) is 24.2 Å². The first-order chi connectivity index (χ1) is 13.8. The summed E-state index contributed by atoms with van der Waals surface area (Å²) < 4.78 is 3.40. The van der Waals surface area contributed by atoms with Gasteiger partial charge in [-0.1, -0.05) is 42.5 Å². The summed E-state index contributed by atoms with van der Waals surface area (Å²) in [6.45, 7) is 0.762. The van der Waals surface area contributed by atoms with Crippen molar-refractivity contribution in [3.8, 4) is 5.69 Å². The second kappa shape index (κ2) is 8.26. The van der Waals surface area contributed by atoms with Crippen molar-refractivity contribution in [3.63, 3.8) is 0 Å². The van der Waals surface area contributed by atoms with Crippen LogP contribution < -0.4 is 5.32 Å². The molecule has 28 heavy (non-hydrogen) atoms. The van der Waals surface area contributed by atoms with Gasteiger partial charge in [0.1, 0.15) is 6.33 Å². The molecule has 0 bridgehead atoms. The van der Waals surface area contributed by atoms with Gasteiger partial charge < -0.3 is 5.32 Å². The van der Waals surface area contributed by atoms with Crippen molar-refractivity contribution in [2.24, 2.45) is 0 Å². The summed E-state index contributed by atoms with van der Waals surface area (Å²) in [5.41, 5.74) is 3.71. The van der Waals surface area contributed by atoms with Crippen LogP contribution in [0.2, 0.25) is 0 Å². The molecule has 140 valence electrons. The summed E-state index contributed by atoms with van der Waals surface area (Å²) in [6.07, 6.45) is 6.22. The Labute approximate surface area is 161 Å². The zero-order chi connectivity index (χ0) is 19.2. The minimum absolute atomic E-state index is 0.0854. The standard InChI is InChI=1S/C20H19N7O/c28-20(12-17-6-8-19(9-7-17)27-15-21-24-25-27)23-18-13-22-26(14-18)11-10-16-4-2-1-3-5-16/h1-9,13-15H,10-12H2,(H,23,28). The number of tetrazole rings is 1. The molecule has 0 radical (unpaired) electrons. The summed E-state index contributed by atoms with van der Waals surface area (Å²) in [5.74, 6) is -0.0854. The summed E-state index contributed by atoms with van der Waals surface area (Å²) in [4.78, 5) is 12.3. The van der Waals surface area contributed by atoms with Crippen molar-refractivity contribution in [1.82, 2.24) is 30.0 Å². The van der Waals surface area contributed by atoms with Gasteiger partial charge in [-0.15, -0.1) is 5.10 Å². The number of carbonyl (C=O) groups excluding carboxylic acids is 1. The first-order valence-corrected chi connectivity index (χ1v) is 8.95. The van der Waals surface area contributed by atoms with E-state index in [4.69, 9.17) is 0 Å².